The van der Waals surface area contributed by atoms with Crippen LogP contribution >= 0.6 is 11.3 Å². The molecule has 1 aliphatic rings. The zero-order chi connectivity index (χ0) is 22.0. The number of carbonyl (C=O) groups is 2. The molecule has 4 N–H and O–H groups in total. The van der Waals surface area contributed by atoms with E-state index >= 15 is 0 Å². The summed E-state index contributed by atoms with van der Waals surface area (Å²) in [5.41, 5.74) is 6.57. The van der Waals surface area contributed by atoms with Crippen molar-refractivity contribution in [3.8, 4) is 0 Å². The molecule has 0 unspecified atom stereocenters. The van der Waals surface area contributed by atoms with Gasteiger partial charge in [-0.15, -0.1) is 11.3 Å². The lowest BCUT2D eigenvalue weighted by atomic mass is 10.3. The second kappa shape index (κ2) is 8.53. The van der Waals surface area contributed by atoms with Crippen LogP contribution in [0.5, 0.6) is 0 Å². The first-order chi connectivity index (χ1) is 14.8. The highest BCUT2D eigenvalue weighted by molar-refractivity contribution is 7.89. The molecule has 31 heavy (non-hydrogen) atoms. The molecule has 2 heterocycles. The Balaban J connectivity index is 1.35. The summed E-state index contributed by atoms with van der Waals surface area (Å²) in [7, 11) is -3.52. The van der Waals surface area contributed by atoms with E-state index in [1.165, 1.54) is 18.4 Å². The van der Waals surface area contributed by atoms with Crippen LogP contribution in [0.25, 0.3) is 0 Å². The average Bonchev–Trinajstić information content (AvgIpc) is 3.22. The quantitative estimate of drug-likeness (QED) is 0.382. The van der Waals surface area contributed by atoms with E-state index in [4.69, 9.17) is 4.42 Å². The lowest BCUT2D eigenvalue weighted by Crippen LogP contribution is -2.29. The Kier molecular flexibility index (Phi) is 5.81. The summed E-state index contributed by atoms with van der Waals surface area (Å²) in [5.74, 6) is -0.604. The normalized spacial score (nSPS) is 13.6. The smallest absolute Gasteiger partial charge is 0.291 e. The van der Waals surface area contributed by atoms with Crippen molar-refractivity contribution in [2.45, 2.75) is 30.7 Å². The Morgan fingerprint density at radius 2 is 1.84 bits per heavy atom. The van der Waals surface area contributed by atoms with Crippen LogP contribution in [0.15, 0.2) is 58.0 Å². The molecule has 9 nitrogen and oxygen atoms in total. The fourth-order valence-corrected chi connectivity index (χ4v) is 5.01. The first-order valence-electron chi connectivity index (χ1n) is 9.46. The molecule has 0 radical (unpaired) electrons. The maximum atomic E-state index is 12.5. The van der Waals surface area contributed by atoms with E-state index in [9.17, 15) is 18.0 Å². The van der Waals surface area contributed by atoms with Crippen LogP contribution in [0, 0.1) is 6.92 Å². The van der Waals surface area contributed by atoms with Gasteiger partial charge >= 0.3 is 0 Å². The van der Waals surface area contributed by atoms with E-state index in [2.05, 4.69) is 20.9 Å². The number of furan rings is 1. The maximum absolute atomic E-state index is 12.5. The maximum Gasteiger partial charge on any atom is 0.291 e. The van der Waals surface area contributed by atoms with Gasteiger partial charge in [-0.25, -0.2) is 13.1 Å². The summed E-state index contributed by atoms with van der Waals surface area (Å²) >= 11 is 1.13. The molecular weight excluding hydrogens is 440 g/mol. The first-order valence-corrected chi connectivity index (χ1v) is 11.8. The van der Waals surface area contributed by atoms with Crippen LogP contribution in [0.1, 0.15) is 38.6 Å². The van der Waals surface area contributed by atoms with Crippen LogP contribution in [0.2, 0.25) is 0 Å². The molecule has 0 atom stereocenters. The van der Waals surface area contributed by atoms with Crippen LogP contribution in [0.3, 0.4) is 0 Å². The van der Waals surface area contributed by atoms with Crippen molar-refractivity contribution in [2.24, 2.45) is 0 Å². The van der Waals surface area contributed by atoms with Crippen LogP contribution in [0.4, 0.5) is 10.7 Å². The third-order valence-electron chi connectivity index (χ3n) is 4.49. The summed E-state index contributed by atoms with van der Waals surface area (Å²) in [6.07, 6.45) is 3.13. The van der Waals surface area contributed by atoms with Crippen molar-refractivity contribution < 1.29 is 22.4 Å². The highest BCUT2D eigenvalue weighted by Gasteiger charge is 2.27. The Hall–Kier alpha value is -3.15. The first kappa shape index (κ1) is 21.1. The van der Waals surface area contributed by atoms with Crippen molar-refractivity contribution in [3.63, 3.8) is 0 Å². The molecule has 1 aromatic carbocycles. The molecule has 2 amide bonds. The number of amides is 2. The van der Waals surface area contributed by atoms with Gasteiger partial charge in [-0.2, -0.15) is 0 Å². The predicted molar refractivity (Wildman–Crippen MR) is 117 cm³/mol. The molecule has 0 saturated heterocycles. The van der Waals surface area contributed by atoms with Crippen molar-refractivity contribution in [3.05, 3.63) is 64.9 Å². The fraction of sp³-hybridized carbons (Fsp3) is 0.200. The molecule has 1 fully saturated rings. The standard InChI is InChI=1S/C20H20N4O5S2/c1-12-11-17(21-19(25)16-3-2-10-29-16)30-18(12)20(26)23-22-13-6-8-15(9-7-13)31(27,28)24-14-4-5-14/h2-3,6-11,14,22,24H,4-5H2,1H3,(H,21,25)(H,23,26). The lowest BCUT2D eigenvalue weighted by molar-refractivity contribution is 0.0964. The van der Waals surface area contributed by atoms with Gasteiger partial charge in [0.05, 0.1) is 26.7 Å². The van der Waals surface area contributed by atoms with Crippen molar-refractivity contribution in [1.29, 1.82) is 0 Å². The second-order valence-electron chi connectivity index (χ2n) is 7.05. The number of hydrazine groups is 1. The van der Waals surface area contributed by atoms with Gasteiger partial charge in [0.2, 0.25) is 10.0 Å². The number of hydrogen-bond donors (Lipinski definition) is 4. The highest BCUT2D eigenvalue weighted by Crippen LogP contribution is 2.27. The van der Waals surface area contributed by atoms with Crippen molar-refractivity contribution >= 4 is 43.9 Å². The Morgan fingerprint density at radius 1 is 1.10 bits per heavy atom. The molecule has 0 bridgehead atoms. The second-order valence-corrected chi connectivity index (χ2v) is 9.82. The minimum Gasteiger partial charge on any atom is -0.459 e. The van der Waals surface area contributed by atoms with Gasteiger partial charge in [0.15, 0.2) is 5.76 Å². The summed E-state index contributed by atoms with van der Waals surface area (Å²) in [4.78, 5) is 25.2. The minimum atomic E-state index is -3.52. The van der Waals surface area contributed by atoms with Gasteiger partial charge in [-0.05, 0) is 67.8 Å². The van der Waals surface area contributed by atoms with Crippen LogP contribution < -0.4 is 20.9 Å². The highest BCUT2D eigenvalue weighted by atomic mass is 32.2. The zero-order valence-corrected chi connectivity index (χ0v) is 18.1. The van der Waals surface area contributed by atoms with Crippen LogP contribution in [-0.2, 0) is 10.0 Å². The number of nitrogens with one attached hydrogen (secondary N) is 4. The lowest BCUT2D eigenvalue weighted by Gasteiger charge is -2.10. The van der Waals surface area contributed by atoms with Crippen LogP contribution in [-0.4, -0.2) is 26.3 Å². The van der Waals surface area contributed by atoms with E-state index in [1.54, 1.807) is 37.3 Å². The van der Waals surface area contributed by atoms with E-state index in [0.29, 0.717) is 21.1 Å². The third kappa shape index (κ3) is 5.13. The largest absolute Gasteiger partial charge is 0.459 e. The average molecular weight is 461 g/mol. The molecule has 11 heteroatoms. The van der Waals surface area contributed by atoms with Gasteiger partial charge in [-0.3, -0.25) is 20.4 Å². The summed E-state index contributed by atoms with van der Waals surface area (Å²) in [5, 5.41) is 3.21. The summed E-state index contributed by atoms with van der Waals surface area (Å²) in [6.45, 7) is 1.76. The van der Waals surface area contributed by atoms with Gasteiger partial charge in [-0.1, -0.05) is 0 Å². The van der Waals surface area contributed by atoms with E-state index < -0.39 is 15.9 Å². The van der Waals surface area contributed by atoms with E-state index in [-0.39, 0.29) is 22.6 Å². The Bertz CT molecular complexity index is 1200. The number of carbonyl (C=O) groups excluding carboxylic acids is 2. The SMILES string of the molecule is Cc1cc(NC(=O)c2ccco2)sc1C(=O)NNc1ccc(S(=O)(=O)NC2CC2)cc1. The van der Waals surface area contributed by atoms with Gasteiger partial charge < -0.3 is 9.73 Å². The molecule has 2 aromatic heterocycles. The Morgan fingerprint density at radius 3 is 2.48 bits per heavy atom. The topological polar surface area (TPSA) is 130 Å². The Labute approximate surface area is 182 Å². The molecule has 0 spiro atoms. The third-order valence-corrected chi connectivity index (χ3v) is 7.18. The molecule has 162 valence electrons. The number of aryl methyl sites for hydroxylation is 1. The zero-order valence-electron chi connectivity index (χ0n) is 16.5. The molecule has 0 aliphatic heterocycles. The molecular formula is C20H20N4O5S2. The van der Waals surface area contributed by atoms with Crippen molar-refractivity contribution in [2.75, 3.05) is 10.7 Å². The van der Waals surface area contributed by atoms with Gasteiger partial charge in [0.25, 0.3) is 11.8 Å². The number of benzene rings is 1. The predicted octanol–water partition coefficient (Wildman–Crippen LogP) is 3.10. The fourth-order valence-electron chi connectivity index (χ4n) is 2.74. The number of thiophene rings is 1. The van der Waals surface area contributed by atoms with Gasteiger partial charge in [0.1, 0.15) is 0 Å². The number of rotatable bonds is 8. The van der Waals surface area contributed by atoms with Gasteiger partial charge in [0, 0.05) is 6.04 Å². The number of sulfonamides is 1. The minimum absolute atomic E-state index is 0.0323. The summed E-state index contributed by atoms with van der Waals surface area (Å²) in [6, 6.07) is 11.0. The van der Waals surface area contributed by atoms with E-state index in [1.807, 2.05) is 0 Å². The molecule has 4 rings (SSSR count). The molecule has 3 aromatic rings. The molecule has 1 aliphatic carbocycles. The number of hydrogen-bond acceptors (Lipinski definition) is 7. The summed E-state index contributed by atoms with van der Waals surface area (Å²) < 4.78 is 32.1. The molecule has 1 saturated carbocycles. The van der Waals surface area contributed by atoms with Crippen molar-refractivity contribution in [1.82, 2.24) is 10.1 Å². The van der Waals surface area contributed by atoms with E-state index in [0.717, 1.165) is 24.2 Å². The number of anilines is 2. The monoisotopic (exact) mass is 460 g/mol.